The Morgan fingerprint density at radius 3 is 2.46 bits per heavy atom. The van der Waals surface area contributed by atoms with Gasteiger partial charge >= 0.3 is 0 Å². The predicted octanol–water partition coefficient (Wildman–Crippen LogP) is 5.33. The molecule has 3 aromatic carbocycles. The van der Waals surface area contributed by atoms with Crippen LogP contribution in [0.1, 0.15) is 102 Å². The molecule has 0 spiro atoms. The average molecular weight is 915 g/mol. The lowest BCUT2D eigenvalue weighted by molar-refractivity contribution is -0.136. The molecular formula is C50H62N10O7. The molecule has 2 fully saturated rings. The second kappa shape index (κ2) is 23.7. The topological polar surface area (TPSA) is 234 Å². The number of piperidine rings is 2. The molecule has 0 saturated carbocycles. The number of pyridine rings is 1. The van der Waals surface area contributed by atoms with Crippen molar-refractivity contribution in [3.8, 4) is 5.75 Å². The van der Waals surface area contributed by atoms with Crippen molar-refractivity contribution < 1.29 is 33.4 Å². The molecule has 1 aromatic heterocycles. The van der Waals surface area contributed by atoms with Gasteiger partial charge in [0.1, 0.15) is 17.6 Å². The summed E-state index contributed by atoms with van der Waals surface area (Å²) in [4.78, 5) is 60.6. The monoisotopic (exact) mass is 914 g/mol. The number of unbranched alkanes of at least 4 members (excludes halogenated alkanes) is 2. The van der Waals surface area contributed by atoms with Crippen molar-refractivity contribution in [1.29, 1.82) is 5.41 Å². The predicted molar refractivity (Wildman–Crippen MR) is 256 cm³/mol. The van der Waals surface area contributed by atoms with Crippen LogP contribution in [0.2, 0.25) is 0 Å². The zero-order valence-corrected chi connectivity index (χ0v) is 38.1. The zero-order valence-electron chi connectivity index (χ0n) is 38.1. The summed E-state index contributed by atoms with van der Waals surface area (Å²) in [7, 11) is 0. The molecule has 4 aromatic rings. The number of amidine groups is 2. The molecule has 1 unspecified atom stereocenters. The highest BCUT2D eigenvalue weighted by atomic mass is 16.5. The number of fused-ring (bicyclic) bond motifs is 1. The standard InChI is InChI=1S/C50H62N10O7/c1-34(56-46(62)37-10-5-11-38(31-37)59-50(19-23-54-24-20-50)49(52)58-45(51)35-17-21-53-22-18-35)36-9-6-12-39(32-36)67-29-4-2-3-26-65-27-8-28-66-30-25-55-42-14-7-13-40-41(42)33-60(48(40)64)43-15-16-44(61)57-47(43)63/h5-7,9-14,17-18,21-22,31-32,34,43,54-55,59H,2-4,8,15-16,19-20,23-30,33H2,1H3,(H,56,62)(H3,51,52,58)(H,57,61,63)/t34-,43?/m1/s1. The number of hydrogen-bond donors (Lipinski definition) is 7. The van der Waals surface area contributed by atoms with Gasteiger partial charge in [-0.3, -0.25) is 34.9 Å². The number of ether oxygens (including phenoxy) is 3. The molecule has 17 nitrogen and oxygen atoms in total. The molecule has 2 saturated heterocycles. The average Bonchev–Trinajstić information content (AvgIpc) is 3.68. The van der Waals surface area contributed by atoms with Gasteiger partial charge in [-0.1, -0.05) is 24.3 Å². The highest BCUT2D eigenvalue weighted by Crippen LogP contribution is 2.32. The Labute approximate surface area is 391 Å². The van der Waals surface area contributed by atoms with Crippen molar-refractivity contribution in [3.63, 3.8) is 0 Å². The number of imide groups is 1. The third-order valence-corrected chi connectivity index (χ3v) is 12.3. The van der Waals surface area contributed by atoms with E-state index in [0.717, 1.165) is 67.0 Å². The number of carbonyl (C=O) groups is 4. The minimum absolute atomic E-state index is 0.0654. The number of hydrogen-bond acceptors (Lipinski definition) is 12. The van der Waals surface area contributed by atoms with E-state index in [2.05, 4.69) is 36.6 Å². The maximum Gasteiger partial charge on any atom is 0.255 e. The van der Waals surface area contributed by atoms with E-state index in [4.69, 9.17) is 25.4 Å². The number of aromatic nitrogens is 1. The van der Waals surface area contributed by atoms with Crippen LogP contribution in [-0.2, 0) is 25.6 Å². The molecule has 67 heavy (non-hydrogen) atoms. The van der Waals surface area contributed by atoms with Crippen LogP contribution in [-0.4, -0.2) is 109 Å². The van der Waals surface area contributed by atoms with Gasteiger partial charge in [0, 0.05) is 85.4 Å². The first kappa shape index (κ1) is 48.2. The minimum Gasteiger partial charge on any atom is -0.494 e. The maximum absolute atomic E-state index is 13.5. The first-order valence-corrected chi connectivity index (χ1v) is 23.2. The van der Waals surface area contributed by atoms with Crippen molar-refractivity contribution in [3.05, 3.63) is 119 Å². The van der Waals surface area contributed by atoms with Gasteiger partial charge < -0.3 is 46.1 Å². The fraction of sp³-hybridized carbons (Fsp3) is 0.420. The Bertz CT molecular complexity index is 2390. The lowest BCUT2D eigenvalue weighted by Gasteiger charge is -2.38. The van der Waals surface area contributed by atoms with Crippen LogP contribution in [0.3, 0.4) is 0 Å². The molecule has 0 radical (unpaired) electrons. The fourth-order valence-electron chi connectivity index (χ4n) is 8.50. The summed E-state index contributed by atoms with van der Waals surface area (Å²) in [5.74, 6) is 0.0187. The van der Waals surface area contributed by atoms with Crippen LogP contribution < -0.4 is 37.1 Å². The second-order valence-electron chi connectivity index (χ2n) is 17.0. The molecule has 4 heterocycles. The molecule has 2 atom stereocenters. The van der Waals surface area contributed by atoms with Crippen LogP contribution in [0.15, 0.2) is 96.2 Å². The second-order valence-corrected chi connectivity index (χ2v) is 17.0. The normalized spacial score (nSPS) is 17.3. The summed E-state index contributed by atoms with van der Waals surface area (Å²) in [6, 6.07) is 23.2. The molecular weight excluding hydrogens is 853 g/mol. The van der Waals surface area contributed by atoms with Crippen LogP contribution in [0, 0.1) is 5.41 Å². The third kappa shape index (κ3) is 13.0. The molecule has 3 aliphatic heterocycles. The largest absolute Gasteiger partial charge is 0.494 e. The molecule has 8 N–H and O–H groups in total. The molecule has 4 amide bonds. The highest BCUT2D eigenvalue weighted by Gasteiger charge is 2.40. The Morgan fingerprint density at radius 2 is 1.66 bits per heavy atom. The summed E-state index contributed by atoms with van der Waals surface area (Å²) in [6.07, 6.45) is 8.68. The van der Waals surface area contributed by atoms with Crippen molar-refractivity contribution in [2.45, 2.75) is 82.5 Å². The molecule has 17 heteroatoms. The number of nitrogens with one attached hydrogen (secondary N) is 6. The summed E-state index contributed by atoms with van der Waals surface area (Å²) in [5, 5.41) is 24.3. The van der Waals surface area contributed by atoms with Crippen molar-refractivity contribution in [2.24, 2.45) is 10.7 Å². The third-order valence-electron chi connectivity index (χ3n) is 12.3. The van der Waals surface area contributed by atoms with E-state index in [-0.39, 0.29) is 36.0 Å². The Balaban J connectivity index is 0.751. The van der Waals surface area contributed by atoms with E-state index in [0.29, 0.717) is 87.9 Å². The smallest absolute Gasteiger partial charge is 0.255 e. The van der Waals surface area contributed by atoms with Gasteiger partial charge in [-0.25, -0.2) is 4.99 Å². The first-order valence-electron chi connectivity index (χ1n) is 23.2. The number of nitrogens with zero attached hydrogens (tertiary/aromatic N) is 3. The highest BCUT2D eigenvalue weighted by molar-refractivity contribution is 6.08. The Hall–Kier alpha value is -6.69. The minimum atomic E-state index is -0.689. The van der Waals surface area contributed by atoms with Crippen LogP contribution in [0.25, 0.3) is 0 Å². The van der Waals surface area contributed by atoms with Crippen LogP contribution >= 0.6 is 0 Å². The summed E-state index contributed by atoms with van der Waals surface area (Å²) in [6.45, 7) is 7.21. The number of benzene rings is 3. The molecule has 354 valence electrons. The number of amides is 4. The number of rotatable bonds is 23. The van der Waals surface area contributed by atoms with Gasteiger partial charge in [-0.15, -0.1) is 0 Å². The summed E-state index contributed by atoms with van der Waals surface area (Å²) < 4.78 is 17.7. The Morgan fingerprint density at radius 1 is 0.910 bits per heavy atom. The van der Waals surface area contributed by atoms with Crippen molar-refractivity contribution >= 4 is 46.7 Å². The van der Waals surface area contributed by atoms with Gasteiger partial charge in [0.2, 0.25) is 11.8 Å². The fourth-order valence-corrected chi connectivity index (χ4v) is 8.50. The summed E-state index contributed by atoms with van der Waals surface area (Å²) >= 11 is 0. The van der Waals surface area contributed by atoms with Gasteiger partial charge in [0.05, 0.1) is 24.8 Å². The molecule has 3 aliphatic rings. The van der Waals surface area contributed by atoms with E-state index >= 15 is 0 Å². The van der Waals surface area contributed by atoms with Crippen LogP contribution in [0.5, 0.6) is 5.75 Å². The first-order chi connectivity index (χ1) is 32.6. The van der Waals surface area contributed by atoms with Gasteiger partial charge in [-0.2, -0.15) is 0 Å². The van der Waals surface area contributed by atoms with Gasteiger partial charge in [-0.05, 0) is 125 Å². The van der Waals surface area contributed by atoms with Crippen LogP contribution in [0.4, 0.5) is 11.4 Å². The van der Waals surface area contributed by atoms with E-state index in [1.807, 2.05) is 61.5 Å². The van der Waals surface area contributed by atoms with Gasteiger partial charge in [0.15, 0.2) is 5.84 Å². The summed E-state index contributed by atoms with van der Waals surface area (Å²) in [5.41, 5.74) is 11.0. The lowest BCUT2D eigenvalue weighted by atomic mass is 9.86. The van der Waals surface area contributed by atoms with Crippen molar-refractivity contribution in [1.82, 2.24) is 25.8 Å². The SMILES string of the molecule is C[C@@H](NC(=O)c1cccc(NC2(C(N)=NC(=N)c3ccncc3)CCNCC2)c1)c1cccc(OCCCCCOCCCOCCNc2cccc3c2CN(C2CCC(=O)NC2=O)C3=O)c1. The maximum atomic E-state index is 13.5. The number of carbonyl (C=O) groups excluding carboxylic acids is 4. The van der Waals surface area contributed by atoms with E-state index in [1.54, 1.807) is 41.6 Å². The molecule has 0 bridgehead atoms. The quantitative estimate of drug-likeness (QED) is 0.0217. The van der Waals surface area contributed by atoms with E-state index in [1.165, 1.54) is 0 Å². The number of anilines is 2. The van der Waals surface area contributed by atoms with Crippen molar-refractivity contribution in [2.75, 3.05) is 63.3 Å². The zero-order chi connectivity index (χ0) is 47.0. The molecule has 7 rings (SSSR count). The lowest BCUT2D eigenvalue weighted by Crippen LogP contribution is -2.56. The number of nitrogens with two attached hydrogens (primary N) is 1. The molecule has 0 aliphatic carbocycles. The van der Waals surface area contributed by atoms with Gasteiger partial charge in [0.25, 0.3) is 11.8 Å². The Kier molecular flexibility index (Phi) is 17.0. The van der Waals surface area contributed by atoms with E-state index in [9.17, 15) is 19.2 Å². The number of aliphatic imine (C=N–C) groups is 1. The van der Waals surface area contributed by atoms with E-state index < -0.39 is 17.5 Å².